The number of nitriles is 1. The topological polar surface area (TPSA) is 70.4 Å². The monoisotopic (exact) mass is 522 g/mol. The molecule has 3 aromatic rings. The zero-order valence-electron chi connectivity index (χ0n) is 17.1. The smallest absolute Gasteiger partial charge is 0.293 e. The van der Waals surface area contributed by atoms with Crippen molar-refractivity contribution in [3.8, 4) is 11.8 Å². The van der Waals surface area contributed by atoms with Gasteiger partial charge in [-0.2, -0.15) is 5.26 Å². The second-order valence-corrected chi connectivity index (χ2v) is 8.99. The normalized spacial score (nSPS) is 14.6. The van der Waals surface area contributed by atoms with Gasteiger partial charge in [0.2, 0.25) is 0 Å². The molecular formula is C25H16BrFN2O3S. The molecule has 164 valence electrons. The van der Waals surface area contributed by atoms with E-state index < -0.39 is 5.91 Å². The van der Waals surface area contributed by atoms with E-state index in [1.54, 1.807) is 60.7 Å². The average molecular weight is 523 g/mol. The van der Waals surface area contributed by atoms with E-state index in [0.717, 1.165) is 16.7 Å². The molecule has 0 aromatic heterocycles. The summed E-state index contributed by atoms with van der Waals surface area (Å²) >= 11 is 4.32. The molecule has 1 fully saturated rings. The highest BCUT2D eigenvalue weighted by Gasteiger charge is 2.35. The molecule has 0 unspecified atom stereocenters. The maximum Gasteiger partial charge on any atom is 0.293 e. The molecule has 0 atom stereocenters. The molecule has 0 bridgehead atoms. The number of hydrogen-bond acceptors (Lipinski definition) is 5. The third kappa shape index (κ3) is 5.33. The molecule has 1 heterocycles. The van der Waals surface area contributed by atoms with Gasteiger partial charge in [-0.25, -0.2) is 4.39 Å². The zero-order chi connectivity index (χ0) is 23.4. The number of thioether (sulfide) groups is 1. The molecular weight excluding hydrogens is 507 g/mol. The second-order valence-electron chi connectivity index (χ2n) is 7.15. The van der Waals surface area contributed by atoms with Gasteiger partial charge in [-0.1, -0.05) is 36.4 Å². The minimum absolute atomic E-state index is 0.0439. The highest BCUT2D eigenvalue weighted by atomic mass is 79.9. The first-order chi connectivity index (χ1) is 15.9. The zero-order valence-corrected chi connectivity index (χ0v) is 19.5. The van der Waals surface area contributed by atoms with E-state index in [9.17, 15) is 19.2 Å². The Bertz CT molecular complexity index is 1320. The van der Waals surface area contributed by atoms with Crippen LogP contribution < -0.4 is 4.74 Å². The second kappa shape index (κ2) is 10.0. The van der Waals surface area contributed by atoms with Crippen LogP contribution in [0.5, 0.6) is 5.75 Å². The number of benzene rings is 3. The summed E-state index contributed by atoms with van der Waals surface area (Å²) in [5.41, 5.74) is 2.46. The average Bonchev–Trinajstić information content (AvgIpc) is 3.06. The van der Waals surface area contributed by atoms with Crippen LogP contribution in [0.4, 0.5) is 9.18 Å². The highest BCUT2D eigenvalue weighted by Crippen LogP contribution is 2.35. The highest BCUT2D eigenvalue weighted by molar-refractivity contribution is 9.10. The maximum absolute atomic E-state index is 13.3. The van der Waals surface area contributed by atoms with Crippen molar-refractivity contribution in [3.05, 3.63) is 104 Å². The fraction of sp³-hybridized carbons (Fsp3) is 0.0800. The summed E-state index contributed by atoms with van der Waals surface area (Å²) < 4.78 is 19.7. The van der Waals surface area contributed by atoms with Crippen molar-refractivity contribution in [2.24, 2.45) is 0 Å². The number of imide groups is 1. The van der Waals surface area contributed by atoms with E-state index in [-0.39, 0.29) is 24.2 Å². The van der Waals surface area contributed by atoms with Gasteiger partial charge in [-0.15, -0.1) is 0 Å². The van der Waals surface area contributed by atoms with Crippen LogP contribution >= 0.6 is 27.7 Å². The van der Waals surface area contributed by atoms with E-state index in [2.05, 4.69) is 22.0 Å². The number of halogens is 2. The Labute approximate surface area is 202 Å². The van der Waals surface area contributed by atoms with Crippen molar-refractivity contribution in [2.75, 3.05) is 0 Å². The molecule has 1 aliphatic rings. The number of rotatable bonds is 6. The van der Waals surface area contributed by atoms with Crippen molar-refractivity contribution in [3.63, 3.8) is 0 Å². The number of amides is 2. The van der Waals surface area contributed by atoms with Gasteiger partial charge in [-0.3, -0.25) is 14.5 Å². The number of carbonyl (C=O) groups excluding carboxylic acids is 2. The van der Waals surface area contributed by atoms with E-state index in [0.29, 0.717) is 37.4 Å². The lowest BCUT2D eigenvalue weighted by atomic mass is 10.1. The van der Waals surface area contributed by atoms with Gasteiger partial charge in [0.05, 0.1) is 27.6 Å². The van der Waals surface area contributed by atoms with E-state index >= 15 is 0 Å². The van der Waals surface area contributed by atoms with Crippen LogP contribution in [0.15, 0.2) is 76.1 Å². The summed E-state index contributed by atoms with van der Waals surface area (Å²) in [7, 11) is 0. The van der Waals surface area contributed by atoms with Crippen molar-refractivity contribution >= 4 is 44.9 Å². The van der Waals surface area contributed by atoms with Crippen LogP contribution in [0.2, 0.25) is 0 Å². The number of ether oxygens (including phenoxy) is 1. The lowest BCUT2D eigenvalue weighted by Gasteiger charge is -2.13. The molecule has 5 nitrogen and oxygen atoms in total. The van der Waals surface area contributed by atoms with Crippen LogP contribution in [0.1, 0.15) is 22.3 Å². The molecule has 0 spiro atoms. The third-order valence-electron chi connectivity index (χ3n) is 4.88. The van der Waals surface area contributed by atoms with E-state index in [1.165, 1.54) is 12.1 Å². The van der Waals surface area contributed by atoms with Crippen LogP contribution in [-0.2, 0) is 17.9 Å². The predicted molar refractivity (Wildman–Crippen MR) is 128 cm³/mol. The molecule has 0 radical (unpaired) electrons. The Kier molecular flexibility index (Phi) is 6.92. The summed E-state index contributed by atoms with van der Waals surface area (Å²) in [6, 6.07) is 20.4. The fourth-order valence-corrected chi connectivity index (χ4v) is 4.59. The van der Waals surface area contributed by atoms with Crippen molar-refractivity contribution in [1.82, 2.24) is 4.90 Å². The molecule has 1 aliphatic heterocycles. The van der Waals surface area contributed by atoms with Crippen LogP contribution in [-0.4, -0.2) is 16.0 Å². The van der Waals surface area contributed by atoms with Crippen molar-refractivity contribution in [2.45, 2.75) is 13.2 Å². The third-order valence-corrected chi connectivity index (χ3v) is 6.40. The maximum atomic E-state index is 13.3. The van der Waals surface area contributed by atoms with E-state index in [1.807, 2.05) is 0 Å². The van der Waals surface area contributed by atoms with E-state index in [4.69, 9.17) is 4.74 Å². The Balaban J connectivity index is 1.47. The Morgan fingerprint density at radius 1 is 1.09 bits per heavy atom. The summed E-state index contributed by atoms with van der Waals surface area (Å²) in [6.07, 6.45) is 1.64. The summed E-state index contributed by atoms with van der Waals surface area (Å²) in [4.78, 5) is 26.7. The molecule has 33 heavy (non-hydrogen) atoms. The minimum atomic E-state index is -0.403. The Morgan fingerprint density at radius 3 is 2.67 bits per heavy atom. The molecule has 4 rings (SSSR count). The number of carbonyl (C=O) groups is 2. The van der Waals surface area contributed by atoms with Gasteiger partial charge in [0.15, 0.2) is 0 Å². The van der Waals surface area contributed by atoms with Crippen LogP contribution in [0, 0.1) is 17.1 Å². The first-order valence-corrected chi connectivity index (χ1v) is 11.5. The molecule has 0 saturated carbocycles. The van der Waals surface area contributed by atoms with Gasteiger partial charge in [0.25, 0.3) is 11.1 Å². The minimum Gasteiger partial charge on any atom is -0.488 e. The lowest BCUT2D eigenvalue weighted by molar-refractivity contribution is -0.123. The summed E-state index contributed by atoms with van der Waals surface area (Å²) in [5.74, 6) is -0.159. The first kappa shape index (κ1) is 22.8. The number of hydrogen-bond donors (Lipinski definition) is 0. The lowest BCUT2D eigenvalue weighted by Crippen LogP contribution is -2.27. The molecule has 0 aliphatic carbocycles. The quantitative estimate of drug-likeness (QED) is 0.356. The van der Waals surface area contributed by atoms with Crippen molar-refractivity contribution < 1.29 is 18.7 Å². The molecule has 1 saturated heterocycles. The Hall–Kier alpha value is -3.41. The van der Waals surface area contributed by atoms with Gasteiger partial charge in [0, 0.05) is 0 Å². The SMILES string of the molecule is N#Cc1ccccc1CN1C(=O)S/C(=C/c2ccc(OCc3cccc(F)c3)c(Br)c2)C1=O. The standard InChI is InChI=1S/C25H16BrFN2O3S/c26-21-11-16(8-9-22(21)32-15-17-4-3-7-20(27)10-17)12-23-24(30)29(25(31)33-23)14-19-6-2-1-5-18(19)13-28/h1-12H,14-15H2/b23-12+. The number of nitrogens with zero attached hydrogens (tertiary/aromatic N) is 2. The summed E-state index contributed by atoms with van der Waals surface area (Å²) in [6.45, 7) is 0.251. The largest absolute Gasteiger partial charge is 0.488 e. The van der Waals surface area contributed by atoms with Crippen LogP contribution in [0.25, 0.3) is 6.08 Å². The van der Waals surface area contributed by atoms with Crippen molar-refractivity contribution in [1.29, 1.82) is 5.26 Å². The first-order valence-electron chi connectivity index (χ1n) is 9.85. The van der Waals surface area contributed by atoms with Gasteiger partial charge in [0.1, 0.15) is 18.2 Å². The predicted octanol–water partition coefficient (Wildman–Crippen LogP) is 6.28. The van der Waals surface area contributed by atoms with Crippen LogP contribution in [0.3, 0.4) is 0 Å². The molecule has 0 N–H and O–H groups in total. The summed E-state index contributed by atoms with van der Waals surface area (Å²) in [5, 5.41) is 8.87. The Morgan fingerprint density at radius 2 is 1.91 bits per heavy atom. The molecule has 2 amide bonds. The molecule has 3 aromatic carbocycles. The van der Waals surface area contributed by atoms with Gasteiger partial charge < -0.3 is 4.74 Å². The van der Waals surface area contributed by atoms with Gasteiger partial charge in [-0.05, 0) is 80.8 Å². The fourth-order valence-electron chi connectivity index (χ4n) is 3.24. The molecule has 8 heteroatoms. The van der Waals surface area contributed by atoms with Gasteiger partial charge >= 0.3 is 0 Å².